The van der Waals surface area contributed by atoms with Crippen molar-refractivity contribution in [2.75, 3.05) is 5.32 Å². The Labute approximate surface area is 163 Å². The number of hydrogen-bond acceptors (Lipinski definition) is 6. The molecule has 2 heterocycles. The quantitative estimate of drug-likeness (QED) is 0.515. The fraction of sp³-hybridized carbons (Fsp3) is 0.167. The van der Waals surface area contributed by atoms with Gasteiger partial charge in [0.25, 0.3) is 17.2 Å². The SMILES string of the molecule is CC(C)(C(=O)Nc1ccc(Cl)c([N+](=O)[O-])c1)n1nc(-c2ccco2)ccc1=O. The van der Waals surface area contributed by atoms with E-state index in [0.717, 1.165) is 10.7 Å². The third kappa shape index (κ3) is 3.65. The molecule has 0 saturated heterocycles. The van der Waals surface area contributed by atoms with E-state index >= 15 is 0 Å². The predicted molar refractivity (Wildman–Crippen MR) is 102 cm³/mol. The molecule has 0 unspecified atom stereocenters. The summed E-state index contributed by atoms with van der Waals surface area (Å²) in [5.41, 5.74) is -1.67. The van der Waals surface area contributed by atoms with Gasteiger partial charge < -0.3 is 9.73 Å². The second-order valence-electron chi connectivity index (χ2n) is 6.38. The van der Waals surface area contributed by atoms with Crippen LogP contribution in [0.4, 0.5) is 11.4 Å². The van der Waals surface area contributed by atoms with Crippen molar-refractivity contribution in [3.05, 3.63) is 74.2 Å². The topological polar surface area (TPSA) is 120 Å². The van der Waals surface area contributed by atoms with Crippen molar-refractivity contribution in [3.63, 3.8) is 0 Å². The summed E-state index contributed by atoms with van der Waals surface area (Å²) in [6.45, 7) is 3.01. The van der Waals surface area contributed by atoms with E-state index in [9.17, 15) is 19.7 Å². The summed E-state index contributed by atoms with van der Waals surface area (Å²) in [6, 6.07) is 10.0. The largest absolute Gasteiger partial charge is 0.463 e. The van der Waals surface area contributed by atoms with E-state index in [1.807, 2.05) is 0 Å². The molecule has 0 aliphatic rings. The van der Waals surface area contributed by atoms with Crippen LogP contribution in [0.15, 0.2) is 57.9 Å². The lowest BCUT2D eigenvalue weighted by atomic mass is 10.0. The smallest absolute Gasteiger partial charge is 0.289 e. The van der Waals surface area contributed by atoms with Crippen molar-refractivity contribution < 1.29 is 14.1 Å². The molecule has 0 atom stereocenters. The van der Waals surface area contributed by atoms with Gasteiger partial charge in [-0.3, -0.25) is 19.7 Å². The van der Waals surface area contributed by atoms with Crippen LogP contribution < -0.4 is 10.9 Å². The summed E-state index contributed by atoms with van der Waals surface area (Å²) in [7, 11) is 0. The molecule has 1 aromatic carbocycles. The number of carbonyl (C=O) groups excluding carboxylic acids is 1. The summed E-state index contributed by atoms with van der Waals surface area (Å²) in [6.07, 6.45) is 1.47. The number of carbonyl (C=O) groups is 1. The highest BCUT2D eigenvalue weighted by atomic mass is 35.5. The lowest BCUT2D eigenvalue weighted by Gasteiger charge is -2.25. The molecule has 0 fully saturated rings. The number of rotatable bonds is 5. The summed E-state index contributed by atoms with van der Waals surface area (Å²) < 4.78 is 6.31. The zero-order valence-electron chi connectivity index (χ0n) is 14.9. The highest BCUT2D eigenvalue weighted by molar-refractivity contribution is 6.32. The van der Waals surface area contributed by atoms with Gasteiger partial charge in [-0.1, -0.05) is 11.6 Å². The van der Waals surface area contributed by atoms with Gasteiger partial charge in [0.05, 0.1) is 11.2 Å². The summed E-state index contributed by atoms with van der Waals surface area (Å²) in [4.78, 5) is 35.5. The molecule has 2 aromatic heterocycles. The minimum absolute atomic E-state index is 0.0497. The maximum absolute atomic E-state index is 12.8. The number of nitro benzene ring substituents is 1. The molecule has 0 radical (unpaired) electrons. The average molecular weight is 403 g/mol. The van der Waals surface area contributed by atoms with Crippen LogP contribution in [0.3, 0.4) is 0 Å². The number of nitro groups is 1. The van der Waals surface area contributed by atoms with E-state index in [1.54, 1.807) is 12.1 Å². The number of nitrogens with one attached hydrogen (secondary N) is 1. The maximum Gasteiger partial charge on any atom is 0.289 e. The van der Waals surface area contributed by atoms with E-state index in [2.05, 4.69) is 10.4 Å². The van der Waals surface area contributed by atoms with Gasteiger partial charge in [0.2, 0.25) is 0 Å². The van der Waals surface area contributed by atoms with Gasteiger partial charge in [-0.25, -0.2) is 4.68 Å². The van der Waals surface area contributed by atoms with Crippen molar-refractivity contribution in [1.29, 1.82) is 0 Å². The molecular formula is C18H15ClN4O5. The van der Waals surface area contributed by atoms with Gasteiger partial charge in [-0.2, -0.15) is 5.10 Å². The van der Waals surface area contributed by atoms with Crippen molar-refractivity contribution in [3.8, 4) is 11.5 Å². The van der Waals surface area contributed by atoms with Gasteiger partial charge in [-0.05, 0) is 44.2 Å². The number of amides is 1. The molecule has 3 rings (SSSR count). The highest BCUT2D eigenvalue weighted by Gasteiger charge is 2.33. The molecule has 1 N–H and O–H groups in total. The van der Waals surface area contributed by atoms with Crippen LogP contribution >= 0.6 is 11.6 Å². The number of hydrogen-bond donors (Lipinski definition) is 1. The van der Waals surface area contributed by atoms with E-state index < -0.39 is 21.9 Å². The van der Waals surface area contributed by atoms with E-state index in [1.165, 1.54) is 44.4 Å². The van der Waals surface area contributed by atoms with Crippen molar-refractivity contribution in [1.82, 2.24) is 9.78 Å². The number of halogens is 1. The molecule has 1 amide bonds. The molecule has 0 aliphatic heterocycles. The second-order valence-corrected chi connectivity index (χ2v) is 6.79. The average Bonchev–Trinajstić information content (AvgIpc) is 3.18. The van der Waals surface area contributed by atoms with Crippen LogP contribution in [0.1, 0.15) is 13.8 Å². The molecule has 9 nitrogen and oxygen atoms in total. The summed E-state index contributed by atoms with van der Waals surface area (Å²) >= 11 is 5.78. The Hall–Kier alpha value is -3.46. The zero-order chi connectivity index (χ0) is 20.5. The number of anilines is 1. The Morgan fingerprint density at radius 3 is 2.68 bits per heavy atom. The number of benzene rings is 1. The van der Waals surface area contributed by atoms with Crippen LogP contribution in [0, 0.1) is 10.1 Å². The van der Waals surface area contributed by atoms with Crippen molar-refractivity contribution >= 4 is 28.9 Å². The Kier molecular flexibility index (Phi) is 5.02. The second kappa shape index (κ2) is 7.28. The van der Waals surface area contributed by atoms with Crippen LogP contribution in [-0.2, 0) is 10.3 Å². The van der Waals surface area contributed by atoms with Crippen LogP contribution in [0.5, 0.6) is 0 Å². The minimum atomic E-state index is -1.39. The monoisotopic (exact) mass is 402 g/mol. The lowest BCUT2D eigenvalue weighted by Crippen LogP contribution is -2.47. The molecular weight excluding hydrogens is 388 g/mol. The van der Waals surface area contributed by atoms with Crippen molar-refractivity contribution in [2.45, 2.75) is 19.4 Å². The Morgan fingerprint density at radius 1 is 1.29 bits per heavy atom. The predicted octanol–water partition coefficient (Wildman–Crippen LogP) is 3.44. The Morgan fingerprint density at radius 2 is 2.04 bits per heavy atom. The van der Waals surface area contributed by atoms with E-state index in [0.29, 0.717) is 11.5 Å². The number of furan rings is 1. The highest BCUT2D eigenvalue weighted by Crippen LogP contribution is 2.28. The van der Waals surface area contributed by atoms with Crippen LogP contribution in [0.2, 0.25) is 5.02 Å². The van der Waals surface area contributed by atoms with Gasteiger partial charge in [0.1, 0.15) is 16.3 Å². The molecule has 0 saturated carbocycles. The third-order valence-electron chi connectivity index (χ3n) is 4.06. The molecule has 0 aliphatic carbocycles. The first-order valence-electron chi connectivity index (χ1n) is 8.10. The number of nitrogens with zero attached hydrogens (tertiary/aromatic N) is 3. The van der Waals surface area contributed by atoms with E-state index in [4.69, 9.17) is 16.0 Å². The third-order valence-corrected chi connectivity index (χ3v) is 4.38. The van der Waals surface area contributed by atoms with Gasteiger partial charge in [0.15, 0.2) is 5.76 Å². The Balaban J connectivity index is 1.94. The van der Waals surface area contributed by atoms with Crippen LogP contribution in [0.25, 0.3) is 11.5 Å². The number of aromatic nitrogens is 2. The normalized spacial score (nSPS) is 11.2. The maximum atomic E-state index is 12.8. The molecule has 0 spiro atoms. The first-order chi connectivity index (χ1) is 13.2. The summed E-state index contributed by atoms with van der Waals surface area (Å²) in [5.74, 6) is -0.145. The van der Waals surface area contributed by atoms with E-state index in [-0.39, 0.29) is 16.4 Å². The fourth-order valence-corrected chi connectivity index (χ4v) is 2.66. The molecule has 0 bridgehead atoms. The molecule has 28 heavy (non-hydrogen) atoms. The lowest BCUT2D eigenvalue weighted by molar-refractivity contribution is -0.384. The van der Waals surface area contributed by atoms with Crippen molar-refractivity contribution in [2.24, 2.45) is 0 Å². The molecule has 144 valence electrons. The van der Waals surface area contributed by atoms with Gasteiger partial charge >= 0.3 is 0 Å². The molecule has 3 aromatic rings. The molecule has 10 heteroatoms. The van der Waals surface area contributed by atoms with Crippen LogP contribution in [-0.4, -0.2) is 20.6 Å². The fourth-order valence-electron chi connectivity index (χ4n) is 2.48. The van der Waals surface area contributed by atoms with Gasteiger partial charge in [0, 0.05) is 17.8 Å². The minimum Gasteiger partial charge on any atom is -0.463 e. The first-order valence-corrected chi connectivity index (χ1v) is 8.48. The van der Waals surface area contributed by atoms with Gasteiger partial charge in [-0.15, -0.1) is 0 Å². The standard InChI is InChI=1S/C18H15ClN4O5/c1-18(2,17(25)20-11-5-6-12(19)14(10-11)23(26)27)22-16(24)8-7-13(21-22)15-4-3-9-28-15/h3-10H,1-2H3,(H,20,25). The Bertz CT molecular complexity index is 1110. The summed E-state index contributed by atoms with van der Waals surface area (Å²) in [5, 5.41) is 17.8. The first kappa shape index (κ1) is 19.3. The zero-order valence-corrected chi connectivity index (χ0v) is 15.6.